The number of aliphatic hydroxyl groups is 1. The normalized spacial score (nSPS) is 22.3. The number of piperidine rings is 1. The highest BCUT2D eigenvalue weighted by molar-refractivity contribution is 5.78. The Bertz CT molecular complexity index is 1210. The second-order valence-electron chi connectivity index (χ2n) is 9.23. The topological polar surface area (TPSA) is 102 Å². The monoisotopic (exact) mass is 483 g/mol. The van der Waals surface area contributed by atoms with Crippen molar-refractivity contribution in [3.05, 3.63) is 47.7 Å². The van der Waals surface area contributed by atoms with E-state index < -0.39 is 5.60 Å². The summed E-state index contributed by atoms with van der Waals surface area (Å²) in [6, 6.07) is 5.27. The number of aromatic nitrogens is 3. The maximum atomic E-state index is 14.6. The van der Waals surface area contributed by atoms with Gasteiger partial charge in [-0.2, -0.15) is 0 Å². The highest BCUT2D eigenvalue weighted by Gasteiger charge is 2.37. The summed E-state index contributed by atoms with van der Waals surface area (Å²) in [6.07, 6.45) is 4.13. The molecule has 3 aromatic heterocycles. The molecule has 1 fully saturated rings. The van der Waals surface area contributed by atoms with E-state index in [1.807, 2.05) is 13.0 Å². The Balaban J connectivity index is 1.20. The predicted octanol–water partition coefficient (Wildman–Crippen LogP) is 2.10. The minimum atomic E-state index is -0.952. The molecule has 3 aromatic rings. The van der Waals surface area contributed by atoms with Crippen LogP contribution in [0.15, 0.2) is 30.6 Å². The van der Waals surface area contributed by atoms with Gasteiger partial charge in [0.15, 0.2) is 11.5 Å². The third kappa shape index (κ3) is 5.14. The number of nitrogens with zero attached hydrogens (tertiary/aromatic N) is 4. The van der Waals surface area contributed by atoms with E-state index in [2.05, 4.69) is 25.2 Å². The summed E-state index contributed by atoms with van der Waals surface area (Å²) in [7, 11) is 1.53. The van der Waals surface area contributed by atoms with Crippen LogP contribution in [-0.4, -0.2) is 76.6 Å². The van der Waals surface area contributed by atoms with Crippen LogP contribution in [0.1, 0.15) is 24.6 Å². The number of likely N-dealkylation sites (tertiary alicyclic amines) is 1. The summed E-state index contributed by atoms with van der Waals surface area (Å²) < 4.78 is 31.0. The lowest BCUT2D eigenvalue weighted by atomic mass is 9.88. The van der Waals surface area contributed by atoms with Crippen molar-refractivity contribution in [2.75, 3.05) is 40.0 Å². The Labute approximate surface area is 203 Å². The van der Waals surface area contributed by atoms with E-state index in [1.165, 1.54) is 13.3 Å². The van der Waals surface area contributed by atoms with Crippen LogP contribution in [0.4, 0.5) is 4.39 Å². The second-order valence-corrected chi connectivity index (χ2v) is 9.23. The van der Waals surface area contributed by atoms with Gasteiger partial charge in [0, 0.05) is 43.4 Å². The molecule has 5 rings (SSSR count). The van der Waals surface area contributed by atoms with Gasteiger partial charge in [0.1, 0.15) is 19.0 Å². The number of hydrogen-bond acceptors (Lipinski definition) is 9. The first-order valence-corrected chi connectivity index (χ1v) is 11.8. The molecule has 0 radical (unpaired) electrons. The molecule has 0 bridgehead atoms. The van der Waals surface area contributed by atoms with Crippen LogP contribution in [0.25, 0.3) is 11.0 Å². The van der Waals surface area contributed by atoms with Gasteiger partial charge in [0.25, 0.3) is 0 Å². The molecular weight excluding hydrogens is 453 g/mol. The molecule has 0 saturated carbocycles. The van der Waals surface area contributed by atoms with Crippen LogP contribution in [0, 0.1) is 5.82 Å². The van der Waals surface area contributed by atoms with E-state index in [0.717, 1.165) is 18.7 Å². The number of hydrogen-bond donors (Lipinski definition) is 2. The first-order chi connectivity index (χ1) is 16.9. The fourth-order valence-corrected chi connectivity index (χ4v) is 4.79. The zero-order valence-electron chi connectivity index (χ0n) is 20.0. The summed E-state index contributed by atoms with van der Waals surface area (Å²) in [5.41, 5.74) is 1.53. The fourth-order valence-electron chi connectivity index (χ4n) is 4.79. The van der Waals surface area contributed by atoms with Gasteiger partial charge >= 0.3 is 0 Å². The summed E-state index contributed by atoms with van der Waals surface area (Å²) >= 11 is 0. The van der Waals surface area contributed by atoms with Crippen molar-refractivity contribution in [1.29, 1.82) is 0 Å². The van der Waals surface area contributed by atoms with Gasteiger partial charge in [-0.3, -0.25) is 9.97 Å². The van der Waals surface area contributed by atoms with Crippen LogP contribution >= 0.6 is 0 Å². The van der Waals surface area contributed by atoms with Crippen molar-refractivity contribution in [2.45, 2.75) is 38.0 Å². The van der Waals surface area contributed by atoms with Crippen molar-refractivity contribution in [3.8, 4) is 17.4 Å². The zero-order valence-corrected chi connectivity index (χ0v) is 20.0. The van der Waals surface area contributed by atoms with Crippen LogP contribution in [0.3, 0.4) is 0 Å². The van der Waals surface area contributed by atoms with Gasteiger partial charge < -0.3 is 29.5 Å². The Morgan fingerprint density at radius 3 is 2.86 bits per heavy atom. The van der Waals surface area contributed by atoms with Crippen molar-refractivity contribution < 1.29 is 23.7 Å². The number of pyridine rings is 3. The Kier molecular flexibility index (Phi) is 6.68. The molecule has 35 heavy (non-hydrogen) atoms. The van der Waals surface area contributed by atoms with Crippen molar-refractivity contribution in [2.24, 2.45) is 0 Å². The molecule has 0 unspecified atom stereocenters. The van der Waals surface area contributed by atoms with E-state index in [1.54, 1.807) is 18.3 Å². The van der Waals surface area contributed by atoms with E-state index in [-0.39, 0.29) is 11.9 Å². The minimum Gasteiger partial charge on any atom is -0.486 e. The summed E-state index contributed by atoms with van der Waals surface area (Å²) in [6.45, 7) is 5.26. The van der Waals surface area contributed by atoms with Gasteiger partial charge in [-0.25, -0.2) is 9.37 Å². The first-order valence-electron chi connectivity index (χ1n) is 11.8. The van der Waals surface area contributed by atoms with Crippen LogP contribution in [0.2, 0.25) is 0 Å². The highest BCUT2D eigenvalue weighted by Crippen LogP contribution is 2.30. The second kappa shape index (κ2) is 9.88. The molecule has 2 N–H and O–H groups in total. The SMILES string of the molecule is COc1ccc2ncc(F)c(CCN3CC[C@H](NCc4cc5c(cn4)OCCO5)[C@@](C)(O)C3)c2n1. The molecule has 1 saturated heterocycles. The Morgan fingerprint density at radius 1 is 1.23 bits per heavy atom. The maximum Gasteiger partial charge on any atom is 0.213 e. The summed E-state index contributed by atoms with van der Waals surface area (Å²) in [5.74, 6) is 1.40. The smallest absolute Gasteiger partial charge is 0.213 e. The zero-order chi connectivity index (χ0) is 24.4. The highest BCUT2D eigenvalue weighted by atomic mass is 19.1. The van der Waals surface area contributed by atoms with Crippen LogP contribution in [-0.2, 0) is 13.0 Å². The first kappa shape index (κ1) is 23.7. The molecule has 2 aliphatic rings. The molecule has 10 heteroatoms. The van der Waals surface area contributed by atoms with Gasteiger partial charge in [-0.05, 0) is 32.4 Å². The number of methoxy groups -OCH3 is 1. The summed E-state index contributed by atoms with van der Waals surface area (Å²) in [4.78, 5) is 15.1. The average Bonchev–Trinajstić information content (AvgIpc) is 2.86. The van der Waals surface area contributed by atoms with E-state index >= 15 is 0 Å². The molecule has 0 aliphatic carbocycles. The molecule has 0 aromatic carbocycles. The molecule has 2 aliphatic heterocycles. The van der Waals surface area contributed by atoms with Gasteiger partial charge in [0.05, 0.1) is 41.8 Å². The Hall–Kier alpha value is -3.08. The molecule has 2 atom stereocenters. The van der Waals surface area contributed by atoms with Crippen LogP contribution < -0.4 is 19.5 Å². The minimum absolute atomic E-state index is 0.0989. The third-order valence-electron chi connectivity index (χ3n) is 6.67. The van der Waals surface area contributed by atoms with E-state index in [9.17, 15) is 9.50 Å². The molecular formula is C25H30FN5O4. The van der Waals surface area contributed by atoms with Crippen LogP contribution in [0.5, 0.6) is 17.4 Å². The molecule has 186 valence electrons. The maximum absolute atomic E-state index is 14.6. The number of fused-ring (bicyclic) bond motifs is 2. The third-order valence-corrected chi connectivity index (χ3v) is 6.67. The summed E-state index contributed by atoms with van der Waals surface area (Å²) in [5, 5.41) is 14.6. The lowest BCUT2D eigenvalue weighted by Crippen LogP contribution is -2.60. The van der Waals surface area contributed by atoms with Gasteiger partial charge in [-0.1, -0.05) is 0 Å². The van der Waals surface area contributed by atoms with Crippen molar-refractivity contribution in [3.63, 3.8) is 0 Å². The van der Waals surface area contributed by atoms with Gasteiger partial charge in [0.2, 0.25) is 5.88 Å². The Morgan fingerprint density at radius 2 is 2.06 bits per heavy atom. The molecule has 0 spiro atoms. The number of ether oxygens (including phenoxy) is 3. The van der Waals surface area contributed by atoms with E-state index in [0.29, 0.717) is 73.2 Å². The number of β-amino-alcohol motifs (C(OH)–C–C–N with tert-alkyl or cyclic N) is 1. The lowest BCUT2D eigenvalue weighted by molar-refractivity contribution is -0.0434. The molecule has 0 amide bonds. The van der Waals surface area contributed by atoms with Crippen molar-refractivity contribution in [1.82, 2.24) is 25.2 Å². The molecule has 5 heterocycles. The molecule has 9 nitrogen and oxygen atoms in total. The van der Waals surface area contributed by atoms with Gasteiger partial charge in [-0.15, -0.1) is 0 Å². The number of rotatable bonds is 7. The quantitative estimate of drug-likeness (QED) is 0.523. The average molecular weight is 484 g/mol. The van der Waals surface area contributed by atoms with Crippen molar-refractivity contribution >= 4 is 11.0 Å². The number of nitrogens with one attached hydrogen (secondary N) is 1. The fraction of sp³-hybridized carbons (Fsp3) is 0.480. The lowest BCUT2D eigenvalue weighted by Gasteiger charge is -2.43. The van der Waals surface area contributed by atoms with E-state index in [4.69, 9.17) is 14.2 Å². The largest absolute Gasteiger partial charge is 0.486 e. The standard InChI is InChI=1S/C25H30FN5O4/c1-25(32)15-31(7-5-17-18(26)13-28-19-3-4-23(33-2)30-24(17)19)8-6-22(25)29-12-16-11-20-21(14-27-16)35-10-9-34-20/h3-4,11,13-14,22,29,32H,5-10,12,15H2,1-2H3/t22-,25-/m0/s1. The predicted molar refractivity (Wildman–Crippen MR) is 127 cm³/mol. The number of halogens is 1.